The average Bonchev–Trinajstić information content (AvgIpc) is 3.10. The second-order valence-electron chi connectivity index (χ2n) is 6.84. The van der Waals surface area contributed by atoms with Crippen molar-refractivity contribution >= 4 is 27.5 Å². The lowest BCUT2D eigenvalue weighted by Gasteiger charge is -2.08. The maximum atomic E-state index is 12.5. The van der Waals surface area contributed by atoms with E-state index < -0.39 is 5.91 Å². The Balaban J connectivity index is 1.91. The van der Waals surface area contributed by atoms with Gasteiger partial charge in [0.25, 0.3) is 5.91 Å². The lowest BCUT2D eigenvalue weighted by Crippen LogP contribution is -2.19. The topological polar surface area (TPSA) is 62.1 Å². The Morgan fingerprint density at radius 1 is 1.13 bits per heavy atom. The number of thiazole rings is 1. The Hall–Kier alpha value is -3.24. The SMILES string of the molecule is C#CCn1c(=NC(=O)COc2ccc(C(C)C)cc2)sc2c(OC)ccc(OC)c21. The number of benzene rings is 2. The fourth-order valence-corrected chi connectivity index (χ4v) is 4.17. The van der Waals surface area contributed by atoms with Crippen molar-refractivity contribution in [2.75, 3.05) is 20.8 Å². The number of nitrogens with zero attached hydrogens (tertiary/aromatic N) is 2. The minimum absolute atomic E-state index is 0.167. The molecule has 1 aromatic heterocycles. The number of terminal acetylenes is 1. The molecule has 0 saturated carbocycles. The first-order chi connectivity index (χ1) is 14.5. The van der Waals surface area contributed by atoms with Gasteiger partial charge in [0.2, 0.25) is 0 Å². The molecule has 0 saturated heterocycles. The average molecular weight is 425 g/mol. The standard InChI is InChI=1S/C23H24N2O4S/c1-6-13-25-21-18(27-4)11-12-19(28-5)22(21)30-23(25)24-20(26)14-29-17-9-7-16(8-10-17)15(2)3/h1,7-12,15H,13-14H2,2-5H3. The number of methoxy groups -OCH3 is 2. The molecule has 0 aliphatic carbocycles. The fraction of sp³-hybridized carbons (Fsp3) is 0.304. The Kier molecular flexibility index (Phi) is 6.80. The summed E-state index contributed by atoms with van der Waals surface area (Å²) >= 11 is 1.32. The highest BCUT2D eigenvalue weighted by Crippen LogP contribution is 2.35. The van der Waals surface area contributed by atoms with Crippen LogP contribution in [0.1, 0.15) is 25.3 Å². The summed E-state index contributed by atoms with van der Waals surface area (Å²) in [6.07, 6.45) is 5.55. The first-order valence-electron chi connectivity index (χ1n) is 9.46. The van der Waals surface area contributed by atoms with E-state index in [0.29, 0.717) is 28.0 Å². The molecule has 30 heavy (non-hydrogen) atoms. The third kappa shape index (κ3) is 4.50. The van der Waals surface area contributed by atoms with Crippen molar-refractivity contribution in [2.45, 2.75) is 26.3 Å². The molecule has 0 N–H and O–H groups in total. The van der Waals surface area contributed by atoms with E-state index in [1.807, 2.05) is 30.3 Å². The van der Waals surface area contributed by atoms with E-state index in [4.69, 9.17) is 20.6 Å². The monoisotopic (exact) mass is 424 g/mol. The van der Waals surface area contributed by atoms with Crippen molar-refractivity contribution in [3.63, 3.8) is 0 Å². The molecule has 3 aromatic rings. The zero-order valence-electron chi connectivity index (χ0n) is 17.5. The lowest BCUT2D eigenvalue weighted by atomic mass is 10.0. The molecular weight excluding hydrogens is 400 g/mol. The third-order valence-electron chi connectivity index (χ3n) is 4.57. The van der Waals surface area contributed by atoms with Crippen LogP contribution in [0, 0.1) is 12.3 Å². The van der Waals surface area contributed by atoms with Crippen molar-refractivity contribution in [3.05, 3.63) is 46.8 Å². The molecule has 2 aromatic carbocycles. The van der Waals surface area contributed by atoms with Crippen LogP contribution in [0.15, 0.2) is 41.4 Å². The number of carbonyl (C=O) groups is 1. The van der Waals surface area contributed by atoms with Gasteiger partial charge in [-0.25, -0.2) is 0 Å². The summed E-state index contributed by atoms with van der Waals surface area (Å²) in [4.78, 5) is 17.2. The molecule has 0 spiro atoms. The molecule has 0 fully saturated rings. The second kappa shape index (κ2) is 9.51. The molecule has 1 amide bonds. The van der Waals surface area contributed by atoms with Crippen LogP contribution in [-0.2, 0) is 11.3 Å². The van der Waals surface area contributed by atoms with E-state index in [0.717, 1.165) is 10.2 Å². The van der Waals surface area contributed by atoms with Crippen molar-refractivity contribution < 1.29 is 19.0 Å². The zero-order chi connectivity index (χ0) is 21.7. The Morgan fingerprint density at radius 2 is 1.80 bits per heavy atom. The first kappa shape index (κ1) is 21.5. The van der Waals surface area contributed by atoms with Gasteiger partial charge < -0.3 is 18.8 Å². The van der Waals surface area contributed by atoms with Gasteiger partial charge in [-0.1, -0.05) is 43.2 Å². The van der Waals surface area contributed by atoms with E-state index in [1.165, 1.54) is 16.9 Å². The van der Waals surface area contributed by atoms with Gasteiger partial charge in [0.05, 0.1) is 20.8 Å². The van der Waals surface area contributed by atoms with Crippen molar-refractivity contribution in [1.29, 1.82) is 0 Å². The summed E-state index contributed by atoms with van der Waals surface area (Å²) in [6, 6.07) is 11.3. The van der Waals surface area contributed by atoms with Gasteiger partial charge in [0.1, 0.15) is 27.5 Å². The molecule has 156 valence electrons. The highest BCUT2D eigenvalue weighted by Gasteiger charge is 2.16. The van der Waals surface area contributed by atoms with E-state index in [9.17, 15) is 4.79 Å². The quantitative estimate of drug-likeness (QED) is 0.538. The van der Waals surface area contributed by atoms with E-state index in [-0.39, 0.29) is 13.2 Å². The molecule has 6 nitrogen and oxygen atoms in total. The largest absolute Gasteiger partial charge is 0.495 e. The molecule has 1 heterocycles. The van der Waals surface area contributed by atoms with Crippen LogP contribution in [0.4, 0.5) is 0 Å². The molecule has 3 rings (SSSR count). The zero-order valence-corrected chi connectivity index (χ0v) is 18.3. The number of ether oxygens (including phenoxy) is 3. The normalized spacial score (nSPS) is 11.5. The van der Waals surface area contributed by atoms with Crippen LogP contribution in [0.25, 0.3) is 10.2 Å². The summed E-state index contributed by atoms with van der Waals surface area (Å²) in [5, 5.41) is 0. The van der Waals surface area contributed by atoms with Gasteiger partial charge in [-0.15, -0.1) is 6.42 Å². The van der Waals surface area contributed by atoms with E-state index in [2.05, 4.69) is 24.8 Å². The summed E-state index contributed by atoms with van der Waals surface area (Å²) < 4.78 is 19.1. The molecule has 0 aliphatic heterocycles. The van der Waals surface area contributed by atoms with Crippen LogP contribution in [0.2, 0.25) is 0 Å². The van der Waals surface area contributed by atoms with E-state index in [1.54, 1.807) is 24.9 Å². The maximum absolute atomic E-state index is 12.5. The molecule has 0 atom stereocenters. The summed E-state index contributed by atoms with van der Waals surface area (Å²) in [5.74, 6) is 4.56. The Morgan fingerprint density at radius 3 is 2.40 bits per heavy atom. The van der Waals surface area contributed by atoms with Crippen LogP contribution in [0.3, 0.4) is 0 Å². The van der Waals surface area contributed by atoms with Gasteiger partial charge in [-0.3, -0.25) is 4.79 Å². The van der Waals surface area contributed by atoms with Crippen LogP contribution >= 0.6 is 11.3 Å². The minimum Gasteiger partial charge on any atom is -0.495 e. The predicted octanol–water partition coefficient (Wildman–Crippen LogP) is 3.98. The number of hydrogen-bond acceptors (Lipinski definition) is 5. The van der Waals surface area contributed by atoms with Crippen molar-refractivity contribution in [3.8, 4) is 29.6 Å². The number of amides is 1. The van der Waals surface area contributed by atoms with Gasteiger partial charge in [0.15, 0.2) is 11.4 Å². The highest BCUT2D eigenvalue weighted by atomic mass is 32.1. The number of carbonyl (C=O) groups excluding carboxylic acids is 1. The molecule has 0 unspecified atom stereocenters. The fourth-order valence-electron chi connectivity index (χ4n) is 3.01. The van der Waals surface area contributed by atoms with Crippen LogP contribution in [0.5, 0.6) is 17.2 Å². The minimum atomic E-state index is -0.404. The first-order valence-corrected chi connectivity index (χ1v) is 10.3. The number of aromatic nitrogens is 1. The molecule has 0 aliphatic rings. The predicted molar refractivity (Wildman–Crippen MR) is 118 cm³/mol. The second-order valence-corrected chi connectivity index (χ2v) is 7.82. The summed E-state index contributed by atoms with van der Waals surface area (Å²) in [7, 11) is 3.17. The number of rotatable bonds is 7. The van der Waals surface area contributed by atoms with Gasteiger partial charge >= 0.3 is 0 Å². The number of fused-ring (bicyclic) bond motifs is 1. The maximum Gasteiger partial charge on any atom is 0.286 e. The molecule has 0 radical (unpaired) electrons. The van der Waals surface area contributed by atoms with Crippen LogP contribution in [-0.4, -0.2) is 31.3 Å². The molecule has 0 bridgehead atoms. The lowest BCUT2D eigenvalue weighted by molar-refractivity contribution is -0.120. The van der Waals surface area contributed by atoms with E-state index >= 15 is 0 Å². The van der Waals surface area contributed by atoms with Crippen molar-refractivity contribution in [2.24, 2.45) is 4.99 Å². The smallest absolute Gasteiger partial charge is 0.286 e. The third-order valence-corrected chi connectivity index (χ3v) is 5.66. The molecular formula is C23H24N2O4S. The Labute approximate surface area is 179 Å². The summed E-state index contributed by atoms with van der Waals surface area (Å²) in [5.41, 5.74) is 1.96. The van der Waals surface area contributed by atoms with Gasteiger partial charge in [0, 0.05) is 0 Å². The van der Waals surface area contributed by atoms with Gasteiger partial charge in [-0.05, 0) is 35.7 Å². The van der Waals surface area contributed by atoms with Crippen LogP contribution < -0.4 is 19.0 Å². The highest BCUT2D eigenvalue weighted by molar-refractivity contribution is 7.16. The van der Waals surface area contributed by atoms with Gasteiger partial charge in [-0.2, -0.15) is 4.99 Å². The Bertz CT molecular complexity index is 1150. The number of hydrogen-bond donors (Lipinski definition) is 0. The summed E-state index contributed by atoms with van der Waals surface area (Å²) in [6.45, 7) is 4.32. The molecule has 7 heteroatoms. The van der Waals surface area contributed by atoms with Crippen molar-refractivity contribution in [1.82, 2.24) is 4.57 Å².